The Hall–Kier alpha value is -3.79. The van der Waals surface area contributed by atoms with Crippen molar-refractivity contribution in [3.63, 3.8) is 0 Å². The molecule has 0 bridgehead atoms. The van der Waals surface area contributed by atoms with Gasteiger partial charge in [0.1, 0.15) is 5.69 Å². The zero-order valence-corrected chi connectivity index (χ0v) is 16.0. The Kier molecular flexibility index (Phi) is 5.16. The average molecular weight is 388 g/mol. The minimum Gasteiger partial charge on any atom is -0.490 e. The number of fused-ring (bicyclic) bond motifs is 1. The molecule has 1 N–H and O–H groups in total. The third kappa shape index (κ3) is 4.06. The van der Waals surface area contributed by atoms with Gasteiger partial charge in [-0.25, -0.2) is 0 Å². The third-order valence-electron chi connectivity index (χ3n) is 4.59. The normalized spacial score (nSPS) is 12.7. The van der Waals surface area contributed by atoms with Crippen LogP contribution in [0.3, 0.4) is 0 Å². The molecule has 2 heterocycles. The summed E-state index contributed by atoms with van der Waals surface area (Å²) in [7, 11) is 1.78. The van der Waals surface area contributed by atoms with Crippen molar-refractivity contribution in [2.45, 2.75) is 12.8 Å². The quantitative estimate of drug-likeness (QED) is 0.738. The molecule has 4 rings (SSSR count). The van der Waals surface area contributed by atoms with E-state index in [0.717, 1.165) is 17.5 Å². The number of ether oxygens (including phenoxy) is 2. The molecular weight excluding hydrogens is 368 g/mol. The van der Waals surface area contributed by atoms with Gasteiger partial charge in [-0.2, -0.15) is 10.4 Å². The van der Waals surface area contributed by atoms with Gasteiger partial charge in [0.05, 0.1) is 31.3 Å². The first-order valence-electron chi connectivity index (χ1n) is 9.35. The van der Waals surface area contributed by atoms with E-state index < -0.39 is 0 Å². The highest BCUT2D eigenvalue weighted by Crippen LogP contribution is 2.35. The van der Waals surface area contributed by atoms with Crippen LogP contribution in [0.5, 0.6) is 11.5 Å². The summed E-state index contributed by atoms with van der Waals surface area (Å²) >= 11 is 0. The number of carbonyl (C=O) groups excluding carboxylic acids is 1. The average Bonchev–Trinajstić information content (AvgIpc) is 2.96. The van der Waals surface area contributed by atoms with Gasteiger partial charge < -0.3 is 14.8 Å². The second-order valence-electron chi connectivity index (χ2n) is 6.76. The number of anilines is 1. The summed E-state index contributed by atoms with van der Waals surface area (Å²) in [5.41, 5.74) is 3.37. The lowest BCUT2D eigenvalue weighted by atomic mass is 10.1. The monoisotopic (exact) mass is 388 g/mol. The minimum atomic E-state index is -0.256. The van der Waals surface area contributed by atoms with Gasteiger partial charge in [0.15, 0.2) is 11.5 Å². The topological polar surface area (TPSA) is 89.2 Å². The standard InChI is InChI=1S/C22H20N4O3/c1-26-14-18(22(27)24-17-6-3-15(4-7-17)9-10-23)21(25-26)16-5-8-19-20(13-16)29-12-2-11-28-19/h3-8,13-14H,2,9,11-12H2,1H3,(H,24,27). The van der Waals surface area contributed by atoms with E-state index >= 15 is 0 Å². The van der Waals surface area contributed by atoms with Crippen molar-refractivity contribution in [3.05, 3.63) is 59.8 Å². The van der Waals surface area contributed by atoms with Crippen LogP contribution in [-0.4, -0.2) is 28.9 Å². The minimum absolute atomic E-state index is 0.256. The van der Waals surface area contributed by atoms with Crippen LogP contribution in [0.25, 0.3) is 11.3 Å². The van der Waals surface area contributed by atoms with E-state index in [1.165, 1.54) is 0 Å². The van der Waals surface area contributed by atoms with E-state index in [0.29, 0.717) is 48.1 Å². The molecule has 0 fully saturated rings. The maximum Gasteiger partial charge on any atom is 0.259 e. The molecule has 1 aromatic heterocycles. The van der Waals surface area contributed by atoms with Gasteiger partial charge in [-0.15, -0.1) is 0 Å². The van der Waals surface area contributed by atoms with Crippen molar-refractivity contribution in [1.29, 1.82) is 5.26 Å². The Bertz CT molecular complexity index is 1080. The molecule has 0 aliphatic carbocycles. The molecule has 1 aliphatic heterocycles. The molecule has 0 radical (unpaired) electrons. The Morgan fingerprint density at radius 1 is 1.17 bits per heavy atom. The van der Waals surface area contributed by atoms with Crippen LogP contribution in [0.4, 0.5) is 5.69 Å². The van der Waals surface area contributed by atoms with Crippen LogP contribution in [0.1, 0.15) is 22.3 Å². The number of rotatable bonds is 4. The van der Waals surface area contributed by atoms with Gasteiger partial charge in [0.2, 0.25) is 0 Å². The summed E-state index contributed by atoms with van der Waals surface area (Å²) in [6.07, 6.45) is 2.86. The van der Waals surface area contributed by atoms with Crippen molar-refractivity contribution in [1.82, 2.24) is 9.78 Å². The van der Waals surface area contributed by atoms with Gasteiger partial charge in [-0.1, -0.05) is 12.1 Å². The van der Waals surface area contributed by atoms with Crippen LogP contribution in [0, 0.1) is 11.3 Å². The van der Waals surface area contributed by atoms with Crippen molar-refractivity contribution in [3.8, 4) is 28.8 Å². The van der Waals surface area contributed by atoms with E-state index in [2.05, 4.69) is 16.5 Å². The maximum atomic E-state index is 12.9. The van der Waals surface area contributed by atoms with Crippen molar-refractivity contribution >= 4 is 11.6 Å². The lowest BCUT2D eigenvalue weighted by Crippen LogP contribution is -2.12. The molecule has 0 saturated carbocycles. The maximum absolute atomic E-state index is 12.9. The number of nitriles is 1. The zero-order valence-electron chi connectivity index (χ0n) is 16.0. The molecular formula is C22H20N4O3. The number of nitrogens with zero attached hydrogens (tertiary/aromatic N) is 3. The van der Waals surface area contributed by atoms with Crippen LogP contribution in [0.15, 0.2) is 48.7 Å². The fraction of sp³-hybridized carbons (Fsp3) is 0.227. The molecule has 0 atom stereocenters. The summed E-state index contributed by atoms with van der Waals surface area (Å²) in [6.45, 7) is 1.21. The van der Waals surface area contributed by atoms with E-state index in [4.69, 9.17) is 14.7 Å². The Morgan fingerprint density at radius 2 is 1.93 bits per heavy atom. The number of hydrogen-bond donors (Lipinski definition) is 1. The van der Waals surface area contributed by atoms with Crippen LogP contribution < -0.4 is 14.8 Å². The molecule has 7 heteroatoms. The van der Waals surface area contributed by atoms with Gasteiger partial charge >= 0.3 is 0 Å². The summed E-state index contributed by atoms with van der Waals surface area (Å²) in [6, 6.07) is 14.9. The molecule has 0 spiro atoms. The molecule has 7 nitrogen and oxygen atoms in total. The lowest BCUT2D eigenvalue weighted by Gasteiger charge is -2.10. The van der Waals surface area contributed by atoms with Gasteiger partial charge in [0.25, 0.3) is 5.91 Å². The Balaban J connectivity index is 1.60. The van der Waals surface area contributed by atoms with Crippen LogP contribution >= 0.6 is 0 Å². The molecule has 0 saturated heterocycles. The third-order valence-corrected chi connectivity index (χ3v) is 4.59. The number of amides is 1. The van der Waals surface area contributed by atoms with Gasteiger partial charge in [-0.3, -0.25) is 9.48 Å². The first-order valence-corrected chi connectivity index (χ1v) is 9.35. The van der Waals surface area contributed by atoms with E-state index in [-0.39, 0.29) is 5.91 Å². The first-order chi connectivity index (χ1) is 14.1. The fourth-order valence-electron chi connectivity index (χ4n) is 3.17. The molecule has 1 aliphatic rings. The lowest BCUT2D eigenvalue weighted by molar-refractivity contribution is 0.102. The zero-order chi connectivity index (χ0) is 20.2. The van der Waals surface area contributed by atoms with Crippen LogP contribution in [-0.2, 0) is 13.5 Å². The highest BCUT2D eigenvalue weighted by atomic mass is 16.5. The second kappa shape index (κ2) is 8.07. The predicted octanol–water partition coefficient (Wildman–Crippen LogP) is 3.57. The number of aromatic nitrogens is 2. The smallest absolute Gasteiger partial charge is 0.259 e. The highest BCUT2D eigenvalue weighted by molar-refractivity contribution is 6.08. The predicted molar refractivity (Wildman–Crippen MR) is 108 cm³/mol. The SMILES string of the molecule is Cn1cc(C(=O)Nc2ccc(CC#N)cc2)c(-c2ccc3c(c2)OCCCO3)n1. The summed E-state index contributed by atoms with van der Waals surface area (Å²) in [4.78, 5) is 12.9. The summed E-state index contributed by atoms with van der Waals surface area (Å²) in [5.74, 6) is 1.10. The number of hydrogen-bond acceptors (Lipinski definition) is 5. The molecule has 1 amide bonds. The van der Waals surface area contributed by atoms with E-state index in [1.54, 1.807) is 30.1 Å². The Morgan fingerprint density at radius 3 is 2.69 bits per heavy atom. The molecule has 146 valence electrons. The van der Waals surface area contributed by atoms with Gasteiger partial charge in [0, 0.05) is 30.9 Å². The fourth-order valence-corrected chi connectivity index (χ4v) is 3.17. The van der Waals surface area contributed by atoms with Crippen molar-refractivity contribution in [2.75, 3.05) is 18.5 Å². The second-order valence-corrected chi connectivity index (χ2v) is 6.76. The van der Waals surface area contributed by atoms with E-state index in [9.17, 15) is 4.79 Å². The van der Waals surface area contributed by atoms with Gasteiger partial charge in [-0.05, 0) is 35.9 Å². The number of carbonyl (C=O) groups is 1. The molecule has 3 aromatic rings. The van der Waals surface area contributed by atoms with Crippen LogP contribution in [0.2, 0.25) is 0 Å². The summed E-state index contributed by atoms with van der Waals surface area (Å²) in [5, 5.41) is 16.1. The largest absolute Gasteiger partial charge is 0.490 e. The number of benzene rings is 2. The van der Waals surface area contributed by atoms with Crippen molar-refractivity contribution < 1.29 is 14.3 Å². The molecule has 2 aromatic carbocycles. The summed E-state index contributed by atoms with van der Waals surface area (Å²) < 4.78 is 13.1. The number of aryl methyl sites for hydroxylation is 1. The first kappa shape index (κ1) is 18.6. The highest BCUT2D eigenvalue weighted by Gasteiger charge is 2.20. The Labute approximate surface area is 168 Å². The van der Waals surface area contributed by atoms with E-state index in [1.807, 2.05) is 30.3 Å². The molecule has 0 unspecified atom stereocenters. The molecule has 29 heavy (non-hydrogen) atoms. The van der Waals surface area contributed by atoms with Crippen molar-refractivity contribution in [2.24, 2.45) is 7.05 Å². The number of nitrogens with one attached hydrogen (secondary N) is 1.